The minimum atomic E-state index is 0. The molecule has 0 aromatic carbocycles. The van der Waals surface area contributed by atoms with Crippen molar-refractivity contribution in [3.05, 3.63) is 0 Å². The van der Waals surface area contributed by atoms with E-state index in [4.69, 9.17) is 0 Å². The van der Waals surface area contributed by atoms with Gasteiger partial charge < -0.3 is 5.48 Å². The number of hydrogen-bond acceptors (Lipinski definition) is 0. The molecule has 2 N–H and O–H groups in total. The van der Waals surface area contributed by atoms with Crippen LogP contribution in [-0.2, 0) is 0 Å². The molecular formula is H6CaFOP. The van der Waals surface area contributed by atoms with Crippen molar-refractivity contribution in [2.24, 2.45) is 0 Å². The van der Waals surface area contributed by atoms with Crippen molar-refractivity contribution >= 4 is 47.6 Å². The van der Waals surface area contributed by atoms with E-state index in [0.717, 1.165) is 0 Å². The van der Waals surface area contributed by atoms with Crippen molar-refractivity contribution in [3.8, 4) is 0 Å². The number of halogens is 1. The van der Waals surface area contributed by atoms with Gasteiger partial charge in [-0.3, -0.25) is 4.70 Å². The van der Waals surface area contributed by atoms with Crippen molar-refractivity contribution in [1.29, 1.82) is 0 Å². The second-order valence-electron chi connectivity index (χ2n) is 0. The summed E-state index contributed by atoms with van der Waals surface area (Å²) in [7, 11) is 0. The van der Waals surface area contributed by atoms with Gasteiger partial charge in [-0.2, -0.15) is 9.90 Å². The molecule has 0 bridgehead atoms. The Morgan fingerprint density at radius 3 is 1.00 bits per heavy atom. The van der Waals surface area contributed by atoms with Gasteiger partial charge in [-0.1, -0.05) is 0 Å². The van der Waals surface area contributed by atoms with Crippen molar-refractivity contribution in [2.45, 2.75) is 0 Å². The van der Waals surface area contributed by atoms with Gasteiger partial charge in [0.15, 0.2) is 0 Å². The fourth-order valence-corrected chi connectivity index (χ4v) is 0. The molecule has 0 heterocycles. The van der Waals surface area contributed by atoms with Crippen LogP contribution in [0.1, 0.15) is 0 Å². The van der Waals surface area contributed by atoms with Gasteiger partial charge in [0.1, 0.15) is 0 Å². The van der Waals surface area contributed by atoms with E-state index < -0.39 is 0 Å². The van der Waals surface area contributed by atoms with Crippen LogP contribution >= 0.6 is 9.90 Å². The molecule has 0 saturated heterocycles. The summed E-state index contributed by atoms with van der Waals surface area (Å²) in [6.45, 7) is 0. The Bertz CT molecular complexity index is 8.00. The monoisotopic (exact) mass is 112 g/mol. The summed E-state index contributed by atoms with van der Waals surface area (Å²) in [6.07, 6.45) is 0. The first kappa shape index (κ1) is 46.9. The molecule has 1 unspecified atom stereocenters. The third kappa shape index (κ3) is 9.55. The van der Waals surface area contributed by atoms with Gasteiger partial charge in [0.05, 0.1) is 0 Å². The van der Waals surface area contributed by atoms with Gasteiger partial charge in [-0.05, 0) is 0 Å². The second-order valence-corrected chi connectivity index (χ2v) is 0. The quantitative estimate of drug-likeness (QED) is 0.284. The maximum atomic E-state index is 0. The zero-order valence-corrected chi connectivity index (χ0v) is 5.95. The topological polar surface area (TPSA) is 31.5 Å². The molecule has 0 spiro atoms. The summed E-state index contributed by atoms with van der Waals surface area (Å²) >= 11 is 0. The van der Waals surface area contributed by atoms with Gasteiger partial charge in [0.2, 0.25) is 0 Å². The molecule has 1 nitrogen and oxygen atoms in total. The third-order valence-electron chi connectivity index (χ3n) is 0. The van der Waals surface area contributed by atoms with Crippen LogP contribution in [0.4, 0.5) is 4.70 Å². The largest absolute Gasteiger partial charge is 0.412 e. The van der Waals surface area contributed by atoms with E-state index in [-0.39, 0.29) is 57.8 Å². The zero-order chi connectivity index (χ0) is 0. The molecule has 4 heavy (non-hydrogen) atoms. The molecule has 0 aliphatic rings. The molecule has 0 fully saturated rings. The van der Waals surface area contributed by atoms with Gasteiger partial charge in [0, 0.05) is 37.7 Å². The number of rotatable bonds is 0. The van der Waals surface area contributed by atoms with Crippen molar-refractivity contribution in [2.75, 3.05) is 0 Å². The van der Waals surface area contributed by atoms with Crippen LogP contribution in [0.5, 0.6) is 0 Å². The van der Waals surface area contributed by atoms with Crippen LogP contribution in [0.15, 0.2) is 0 Å². The maximum Gasteiger partial charge on any atom is 0 e. The first-order valence-corrected chi connectivity index (χ1v) is 0. The van der Waals surface area contributed by atoms with E-state index in [9.17, 15) is 0 Å². The first-order valence-electron chi connectivity index (χ1n) is 0. The minimum absolute atomic E-state index is 0. The Morgan fingerprint density at radius 1 is 1.00 bits per heavy atom. The molecule has 2 radical (unpaired) electrons. The predicted octanol–water partition coefficient (Wildman–Crippen LogP) is -0.995. The van der Waals surface area contributed by atoms with Crippen LogP contribution in [0.3, 0.4) is 0 Å². The summed E-state index contributed by atoms with van der Waals surface area (Å²) < 4.78 is 0. The summed E-state index contributed by atoms with van der Waals surface area (Å²) in [4.78, 5) is 0. The van der Waals surface area contributed by atoms with E-state index in [0.29, 0.717) is 0 Å². The van der Waals surface area contributed by atoms with Crippen LogP contribution in [-0.4, -0.2) is 43.2 Å². The molecule has 0 aliphatic heterocycles. The molecule has 0 saturated carbocycles. The van der Waals surface area contributed by atoms with Crippen LogP contribution < -0.4 is 0 Å². The van der Waals surface area contributed by atoms with E-state index in [2.05, 4.69) is 0 Å². The smallest absolute Gasteiger partial charge is 0 e. The fraction of sp³-hybridized carbons (Fsp3) is 0. The SMILES string of the molecule is F.O.P.[Ca]. The molecular weight excluding hydrogens is 106 g/mol. The van der Waals surface area contributed by atoms with E-state index in [1.807, 2.05) is 0 Å². The Morgan fingerprint density at radius 2 is 1.00 bits per heavy atom. The molecule has 0 rings (SSSR count). The van der Waals surface area contributed by atoms with Crippen molar-refractivity contribution in [1.82, 2.24) is 0 Å². The predicted molar refractivity (Wildman–Crippen MR) is 23.0 cm³/mol. The Balaban J connectivity index is 0. The molecule has 4 heteroatoms. The van der Waals surface area contributed by atoms with Crippen molar-refractivity contribution in [3.63, 3.8) is 0 Å². The standard InChI is InChI=1S/Ca.FH.H2O.H3P/h;1H;1H2;1H3. The second kappa shape index (κ2) is 23.5. The molecule has 1 atom stereocenters. The zero-order valence-electron chi connectivity index (χ0n) is 2.32. The fourth-order valence-electron chi connectivity index (χ4n) is 0. The van der Waals surface area contributed by atoms with Crippen LogP contribution in [0, 0.1) is 0 Å². The van der Waals surface area contributed by atoms with E-state index >= 15 is 0 Å². The molecule has 26 valence electrons. The summed E-state index contributed by atoms with van der Waals surface area (Å²) in [5.74, 6) is 0. The normalized spacial score (nSPS) is 0. The van der Waals surface area contributed by atoms with Crippen LogP contribution in [0.2, 0.25) is 0 Å². The minimum Gasteiger partial charge on any atom is -0.412 e. The van der Waals surface area contributed by atoms with Crippen LogP contribution in [0.25, 0.3) is 0 Å². The Labute approximate surface area is 57.4 Å². The summed E-state index contributed by atoms with van der Waals surface area (Å²) in [5, 5.41) is 0. The van der Waals surface area contributed by atoms with Crippen molar-refractivity contribution < 1.29 is 10.2 Å². The summed E-state index contributed by atoms with van der Waals surface area (Å²) in [6, 6.07) is 0. The molecule has 0 aromatic heterocycles. The molecule has 0 amide bonds. The Hall–Kier alpha value is 1.58. The van der Waals surface area contributed by atoms with Gasteiger partial charge >= 0.3 is 0 Å². The molecule has 0 aliphatic carbocycles. The molecule has 0 aromatic rings. The number of hydrogen-bond donors (Lipinski definition) is 0. The summed E-state index contributed by atoms with van der Waals surface area (Å²) in [5.41, 5.74) is 0. The Kier molecular flexibility index (Phi) is 276. The van der Waals surface area contributed by atoms with Gasteiger partial charge in [-0.15, -0.1) is 0 Å². The van der Waals surface area contributed by atoms with E-state index in [1.54, 1.807) is 0 Å². The average Bonchev–Trinajstić information content (AvgIpc) is 0. The van der Waals surface area contributed by atoms with E-state index in [1.165, 1.54) is 0 Å². The third-order valence-corrected chi connectivity index (χ3v) is 0. The van der Waals surface area contributed by atoms with Gasteiger partial charge in [-0.25, -0.2) is 0 Å². The average molecular weight is 112 g/mol. The van der Waals surface area contributed by atoms with Gasteiger partial charge in [0.25, 0.3) is 0 Å². The first-order chi connectivity index (χ1) is 0. The maximum absolute atomic E-state index is 0.